The minimum absolute atomic E-state index is 0.145. The highest BCUT2D eigenvalue weighted by molar-refractivity contribution is 5.37. The lowest BCUT2D eigenvalue weighted by molar-refractivity contribution is 0.221. The van der Waals surface area contributed by atoms with E-state index in [9.17, 15) is 0 Å². The second-order valence-electron chi connectivity index (χ2n) is 6.31. The Morgan fingerprint density at radius 1 is 1.06 bits per heavy atom. The lowest BCUT2D eigenvalue weighted by atomic mass is 9.57. The molecule has 0 bridgehead atoms. The van der Waals surface area contributed by atoms with Gasteiger partial charge >= 0.3 is 0 Å². The van der Waals surface area contributed by atoms with Gasteiger partial charge in [-0.1, -0.05) is 74.4 Å². The summed E-state index contributed by atoms with van der Waals surface area (Å²) in [5.41, 5.74) is 4.59. The molecule has 1 aliphatic carbocycles. The summed E-state index contributed by atoms with van der Waals surface area (Å²) >= 11 is 0. The highest BCUT2D eigenvalue weighted by Crippen LogP contribution is 2.50. The highest BCUT2D eigenvalue weighted by atomic mass is 14.5. The van der Waals surface area contributed by atoms with Crippen LogP contribution in [0.3, 0.4) is 0 Å². The van der Waals surface area contributed by atoms with Crippen LogP contribution in [0.1, 0.15) is 45.2 Å². The molecule has 0 aliphatic heterocycles. The fraction of sp³-hybridized carbons (Fsp3) is 0.444. The van der Waals surface area contributed by atoms with Gasteiger partial charge in [-0.25, -0.2) is 0 Å². The van der Waals surface area contributed by atoms with Gasteiger partial charge in [0.2, 0.25) is 0 Å². The Morgan fingerprint density at radius 2 is 1.67 bits per heavy atom. The molecule has 1 atom stereocenters. The van der Waals surface area contributed by atoms with Crippen LogP contribution in [0.15, 0.2) is 48.1 Å². The quantitative estimate of drug-likeness (QED) is 0.667. The molecule has 18 heavy (non-hydrogen) atoms. The number of benzene rings is 1. The van der Waals surface area contributed by atoms with Crippen LogP contribution in [0, 0.1) is 12.3 Å². The Bertz CT molecular complexity index is 485. The summed E-state index contributed by atoms with van der Waals surface area (Å²) in [5.74, 6) is 0. The zero-order chi connectivity index (χ0) is 13.4. The first kappa shape index (κ1) is 13.1. The minimum Gasteiger partial charge on any atom is -0.0836 e. The summed E-state index contributed by atoms with van der Waals surface area (Å²) in [6.45, 7) is 11.5. The average molecular weight is 240 g/mol. The SMILES string of the molecule is CC1=CC=CCC1(C)C(C)(C)c1ccc(C)cc1. The molecule has 2 rings (SSSR count). The van der Waals surface area contributed by atoms with Crippen molar-refractivity contribution in [2.45, 2.75) is 46.5 Å². The standard InChI is InChI=1S/C18H24/c1-14-9-11-16(12-10-14)17(3,4)18(5)13-7-6-8-15(18)2/h6-12H,13H2,1-5H3. The van der Waals surface area contributed by atoms with Crippen LogP contribution in [0.5, 0.6) is 0 Å². The zero-order valence-corrected chi connectivity index (χ0v) is 12.2. The van der Waals surface area contributed by atoms with Gasteiger partial charge in [-0.05, 0) is 31.2 Å². The van der Waals surface area contributed by atoms with Crippen molar-refractivity contribution >= 4 is 0 Å². The Labute approximate surface area is 111 Å². The Kier molecular flexibility index (Phi) is 3.23. The van der Waals surface area contributed by atoms with Crippen molar-refractivity contribution in [3.63, 3.8) is 0 Å². The summed E-state index contributed by atoms with van der Waals surface area (Å²) in [7, 11) is 0. The van der Waals surface area contributed by atoms with Crippen molar-refractivity contribution in [3.05, 3.63) is 59.2 Å². The van der Waals surface area contributed by atoms with E-state index in [1.54, 1.807) is 0 Å². The van der Waals surface area contributed by atoms with Crippen molar-refractivity contribution < 1.29 is 0 Å². The summed E-state index contributed by atoms with van der Waals surface area (Å²) in [6, 6.07) is 9.01. The fourth-order valence-electron chi connectivity index (χ4n) is 2.90. The molecule has 0 radical (unpaired) electrons. The summed E-state index contributed by atoms with van der Waals surface area (Å²) < 4.78 is 0. The Balaban J connectivity index is 2.45. The minimum atomic E-state index is 0.145. The molecule has 0 amide bonds. The van der Waals surface area contributed by atoms with Gasteiger partial charge in [0.05, 0.1) is 0 Å². The van der Waals surface area contributed by atoms with Gasteiger partial charge in [-0.15, -0.1) is 0 Å². The maximum atomic E-state index is 2.39. The monoisotopic (exact) mass is 240 g/mol. The van der Waals surface area contributed by atoms with E-state index in [-0.39, 0.29) is 10.8 Å². The van der Waals surface area contributed by atoms with Crippen LogP contribution in [0.25, 0.3) is 0 Å². The number of hydrogen-bond donors (Lipinski definition) is 0. The van der Waals surface area contributed by atoms with Gasteiger partial charge in [-0.2, -0.15) is 0 Å². The predicted molar refractivity (Wildman–Crippen MR) is 79.8 cm³/mol. The summed E-state index contributed by atoms with van der Waals surface area (Å²) in [4.78, 5) is 0. The third kappa shape index (κ3) is 1.94. The molecular formula is C18H24. The maximum Gasteiger partial charge on any atom is 0.00100 e. The van der Waals surface area contributed by atoms with Crippen molar-refractivity contribution in [1.82, 2.24) is 0 Å². The molecule has 1 unspecified atom stereocenters. The normalized spacial score (nSPS) is 23.9. The molecule has 96 valence electrons. The predicted octanol–water partition coefficient (Wildman–Crippen LogP) is 5.19. The Morgan fingerprint density at radius 3 is 2.22 bits per heavy atom. The van der Waals surface area contributed by atoms with Crippen molar-refractivity contribution in [1.29, 1.82) is 0 Å². The molecule has 0 N–H and O–H groups in total. The van der Waals surface area contributed by atoms with Gasteiger partial charge in [0, 0.05) is 5.41 Å². The van der Waals surface area contributed by atoms with Crippen LogP contribution in [0.4, 0.5) is 0 Å². The first-order valence-corrected chi connectivity index (χ1v) is 6.79. The van der Waals surface area contributed by atoms with Crippen LogP contribution in [-0.2, 0) is 5.41 Å². The van der Waals surface area contributed by atoms with E-state index in [0.717, 1.165) is 6.42 Å². The third-order valence-electron chi connectivity index (χ3n) is 5.03. The molecule has 1 aromatic carbocycles. The molecule has 0 spiro atoms. The second-order valence-corrected chi connectivity index (χ2v) is 6.31. The smallest absolute Gasteiger partial charge is 0.00100 e. The van der Waals surface area contributed by atoms with E-state index < -0.39 is 0 Å². The largest absolute Gasteiger partial charge is 0.0836 e. The molecule has 1 aromatic rings. The molecule has 0 heterocycles. The van der Waals surface area contributed by atoms with Crippen LogP contribution >= 0.6 is 0 Å². The van der Waals surface area contributed by atoms with E-state index in [1.165, 1.54) is 16.7 Å². The third-order valence-corrected chi connectivity index (χ3v) is 5.03. The summed E-state index contributed by atoms with van der Waals surface area (Å²) in [6.07, 6.45) is 7.86. The molecule has 0 nitrogen and oxygen atoms in total. The Hall–Kier alpha value is -1.30. The van der Waals surface area contributed by atoms with Gasteiger partial charge in [0.15, 0.2) is 0 Å². The fourth-order valence-corrected chi connectivity index (χ4v) is 2.90. The lowest BCUT2D eigenvalue weighted by Gasteiger charge is -2.46. The van der Waals surface area contributed by atoms with Gasteiger partial charge in [0.1, 0.15) is 0 Å². The number of allylic oxidation sites excluding steroid dienone is 4. The molecule has 0 saturated carbocycles. The van der Waals surface area contributed by atoms with E-state index >= 15 is 0 Å². The van der Waals surface area contributed by atoms with Crippen molar-refractivity contribution in [3.8, 4) is 0 Å². The highest BCUT2D eigenvalue weighted by Gasteiger charge is 2.42. The van der Waals surface area contributed by atoms with E-state index in [0.29, 0.717) is 0 Å². The zero-order valence-electron chi connectivity index (χ0n) is 12.2. The van der Waals surface area contributed by atoms with Crippen LogP contribution in [0.2, 0.25) is 0 Å². The molecule has 0 saturated heterocycles. The van der Waals surface area contributed by atoms with Crippen LogP contribution < -0.4 is 0 Å². The second kappa shape index (κ2) is 4.42. The molecule has 0 aromatic heterocycles. The lowest BCUT2D eigenvalue weighted by Crippen LogP contribution is -2.40. The first-order valence-electron chi connectivity index (χ1n) is 6.79. The number of aryl methyl sites for hydroxylation is 1. The number of hydrogen-bond acceptors (Lipinski definition) is 0. The molecule has 1 aliphatic rings. The molecular weight excluding hydrogens is 216 g/mol. The first-order chi connectivity index (χ1) is 8.38. The van der Waals surface area contributed by atoms with Crippen molar-refractivity contribution in [2.24, 2.45) is 5.41 Å². The van der Waals surface area contributed by atoms with Gasteiger partial charge in [0.25, 0.3) is 0 Å². The van der Waals surface area contributed by atoms with E-state index in [4.69, 9.17) is 0 Å². The van der Waals surface area contributed by atoms with Crippen molar-refractivity contribution in [2.75, 3.05) is 0 Å². The van der Waals surface area contributed by atoms with E-state index in [2.05, 4.69) is 77.1 Å². The maximum absolute atomic E-state index is 2.39. The van der Waals surface area contributed by atoms with E-state index in [1.807, 2.05) is 0 Å². The van der Waals surface area contributed by atoms with Gasteiger partial charge in [-0.3, -0.25) is 0 Å². The summed E-state index contributed by atoms with van der Waals surface area (Å²) in [5, 5.41) is 0. The van der Waals surface area contributed by atoms with Gasteiger partial charge < -0.3 is 0 Å². The van der Waals surface area contributed by atoms with Crippen LogP contribution in [-0.4, -0.2) is 0 Å². The molecule has 0 heteroatoms. The number of rotatable bonds is 2. The molecule has 0 fully saturated rings. The average Bonchev–Trinajstić information content (AvgIpc) is 2.33. The topological polar surface area (TPSA) is 0 Å².